The minimum atomic E-state index is -1.23. The molecule has 1 saturated carbocycles. The fourth-order valence-corrected chi connectivity index (χ4v) is 3.88. The third-order valence-corrected chi connectivity index (χ3v) is 5.10. The number of amides is 2. The molecule has 1 aromatic carbocycles. The predicted molar refractivity (Wildman–Crippen MR) is 94.1 cm³/mol. The highest BCUT2D eigenvalue weighted by Gasteiger charge is 2.31. The molecule has 0 aliphatic heterocycles. The Morgan fingerprint density at radius 2 is 1.80 bits per heavy atom. The van der Waals surface area contributed by atoms with E-state index in [1.165, 1.54) is 0 Å². The molecule has 0 spiro atoms. The number of aliphatic carboxylic acids is 1. The second kappa shape index (κ2) is 9.19. The summed E-state index contributed by atoms with van der Waals surface area (Å²) in [5.41, 5.74) is 4.51. The van der Waals surface area contributed by atoms with Crippen LogP contribution in [0.15, 0.2) is 27.1 Å². The average molecular weight is 477 g/mol. The van der Waals surface area contributed by atoms with Gasteiger partial charge >= 0.3 is 0 Å². The van der Waals surface area contributed by atoms with E-state index in [1.807, 2.05) is 0 Å². The Kier molecular flexibility index (Phi) is 7.24. The SMILES string of the molecule is O=C(COc1ccc(Br)cc1Br)NNC(=O)[C@H]1CCCC[C@H]1C(=O)[O-]. The average Bonchev–Trinajstić information content (AvgIpc) is 2.58. The number of benzene rings is 1. The maximum atomic E-state index is 12.1. The van der Waals surface area contributed by atoms with Gasteiger partial charge in [0.2, 0.25) is 5.91 Å². The van der Waals surface area contributed by atoms with E-state index >= 15 is 0 Å². The van der Waals surface area contributed by atoms with E-state index in [0.29, 0.717) is 23.1 Å². The zero-order valence-electron chi connectivity index (χ0n) is 13.2. The van der Waals surface area contributed by atoms with Crippen molar-refractivity contribution in [2.45, 2.75) is 25.7 Å². The minimum absolute atomic E-state index is 0.297. The highest BCUT2D eigenvalue weighted by molar-refractivity contribution is 9.11. The van der Waals surface area contributed by atoms with E-state index in [4.69, 9.17) is 4.74 Å². The van der Waals surface area contributed by atoms with Crippen molar-refractivity contribution in [2.24, 2.45) is 11.8 Å². The van der Waals surface area contributed by atoms with Gasteiger partial charge in [-0.2, -0.15) is 0 Å². The van der Waals surface area contributed by atoms with Crippen LogP contribution in [0.4, 0.5) is 0 Å². The lowest BCUT2D eigenvalue weighted by atomic mass is 9.79. The van der Waals surface area contributed by atoms with Gasteiger partial charge in [-0.15, -0.1) is 0 Å². The van der Waals surface area contributed by atoms with Crippen LogP contribution < -0.4 is 20.7 Å². The Labute approximate surface area is 161 Å². The summed E-state index contributed by atoms with van der Waals surface area (Å²) in [5, 5.41) is 11.1. The Bertz CT molecular complexity index is 668. The number of nitrogens with one attached hydrogen (secondary N) is 2. The second-order valence-electron chi connectivity index (χ2n) is 5.72. The molecule has 0 aromatic heterocycles. The number of hydrogen-bond donors (Lipinski definition) is 2. The fraction of sp³-hybridized carbons (Fsp3) is 0.438. The van der Waals surface area contributed by atoms with Crippen molar-refractivity contribution < 1.29 is 24.2 Å². The van der Waals surface area contributed by atoms with Crippen LogP contribution in [0.1, 0.15) is 25.7 Å². The highest BCUT2D eigenvalue weighted by atomic mass is 79.9. The van der Waals surface area contributed by atoms with E-state index in [1.54, 1.807) is 18.2 Å². The van der Waals surface area contributed by atoms with Gasteiger partial charge in [0.15, 0.2) is 6.61 Å². The van der Waals surface area contributed by atoms with Crippen LogP contribution in [0.3, 0.4) is 0 Å². The van der Waals surface area contributed by atoms with E-state index < -0.39 is 29.6 Å². The molecule has 25 heavy (non-hydrogen) atoms. The Morgan fingerprint density at radius 1 is 1.12 bits per heavy atom. The molecule has 1 fully saturated rings. The van der Waals surface area contributed by atoms with Gasteiger partial charge in [0.25, 0.3) is 5.91 Å². The first kappa shape index (κ1) is 19.7. The fourth-order valence-electron chi connectivity index (χ4n) is 2.72. The number of halogens is 2. The van der Waals surface area contributed by atoms with Crippen LogP contribution in [0.2, 0.25) is 0 Å². The Hall–Kier alpha value is -1.61. The van der Waals surface area contributed by atoms with E-state index in [0.717, 1.165) is 17.3 Å². The molecule has 2 rings (SSSR count). The van der Waals surface area contributed by atoms with Gasteiger partial charge < -0.3 is 14.6 Å². The molecule has 2 atom stereocenters. The number of hydrazine groups is 1. The van der Waals surface area contributed by atoms with Crippen LogP contribution in [0.5, 0.6) is 5.75 Å². The summed E-state index contributed by atoms with van der Waals surface area (Å²) in [6.07, 6.45) is 2.40. The van der Waals surface area contributed by atoms with Crippen molar-refractivity contribution in [2.75, 3.05) is 6.61 Å². The summed E-state index contributed by atoms with van der Waals surface area (Å²) in [4.78, 5) is 35.0. The van der Waals surface area contributed by atoms with Crippen molar-refractivity contribution in [3.8, 4) is 5.75 Å². The summed E-state index contributed by atoms with van der Waals surface area (Å²) in [6.45, 7) is -0.297. The summed E-state index contributed by atoms with van der Waals surface area (Å²) in [6, 6.07) is 5.23. The molecular weight excluding hydrogens is 460 g/mol. The first-order valence-electron chi connectivity index (χ1n) is 7.76. The highest BCUT2D eigenvalue weighted by Crippen LogP contribution is 2.30. The number of hydrogen-bond acceptors (Lipinski definition) is 5. The number of rotatable bonds is 5. The standard InChI is InChI=1S/C16H18Br2N2O5/c17-9-5-6-13(12(18)7-9)25-8-14(21)19-20-15(22)10-3-1-2-4-11(10)16(23)24/h5-7,10-11H,1-4,8H2,(H,19,21)(H,20,22)(H,23,24)/p-1/t10-,11+/m0/s1. The van der Waals surface area contributed by atoms with Crippen LogP contribution in [0, 0.1) is 11.8 Å². The van der Waals surface area contributed by atoms with Crippen molar-refractivity contribution in [3.63, 3.8) is 0 Å². The summed E-state index contributed by atoms with van der Waals surface area (Å²) in [7, 11) is 0. The third-order valence-electron chi connectivity index (χ3n) is 3.98. The molecule has 0 saturated heterocycles. The Morgan fingerprint density at radius 3 is 2.44 bits per heavy atom. The van der Waals surface area contributed by atoms with Crippen LogP contribution >= 0.6 is 31.9 Å². The smallest absolute Gasteiger partial charge is 0.276 e. The van der Waals surface area contributed by atoms with Gasteiger partial charge in [-0.3, -0.25) is 20.4 Å². The lowest BCUT2D eigenvalue weighted by Crippen LogP contribution is -2.50. The molecule has 9 heteroatoms. The van der Waals surface area contributed by atoms with Gasteiger partial charge in [0, 0.05) is 22.3 Å². The lowest BCUT2D eigenvalue weighted by molar-refractivity contribution is -0.314. The van der Waals surface area contributed by atoms with Crippen LogP contribution in [-0.4, -0.2) is 24.4 Å². The zero-order valence-corrected chi connectivity index (χ0v) is 16.4. The minimum Gasteiger partial charge on any atom is -0.550 e. The van der Waals surface area contributed by atoms with Crippen molar-refractivity contribution in [1.82, 2.24) is 10.9 Å². The molecule has 0 heterocycles. The maximum Gasteiger partial charge on any atom is 0.276 e. The molecule has 0 bridgehead atoms. The van der Waals surface area contributed by atoms with Gasteiger partial charge in [0.1, 0.15) is 5.75 Å². The van der Waals surface area contributed by atoms with Gasteiger partial charge in [-0.1, -0.05) is 28.8 Å². The largest absolute Gasteiger partial charge is 0.550 e. The van der Waals surface area contributed by atoms with Crippen LogP contribution in [-0.2, 0) is 14.4 Å². The maximum absolute atomic E-state index is 12.1. The monoisotopic (exact) mass is 475 g/mol. The molecule has 0 radical (unpaired) electrons. The van der Waals surface area contributed by atoms with Crippen molar-refractivity contribution in [3.05, 3.63) is 27.1 Å². The third kappa shape index (κ3) is 5.71. The first-order chi connectivity index (χ1) is 11.9. The van der Waals surface area contributed by atoms with E-state index in [9.17, 15) is 19.5 Å². The number of carboxylic acid groups (broad SMARTS) is 1. The predicted octanol–water partition coefficient (Wildman–Crippen LogP) is 1.29. The number of carboxylic acids is 1. The second-order valence-corrected chi connectivity index (χ2v) is 7.49. The number of carbonyl (C=O) groups is 3. The molecule has 0 unspecified atom stereocenters. The topological polar surface area (TPSA) is 108 Å². The van der Waals surface area contributed by atoms with Crippen molar-refractivity contribution >= 4 is 49.6 Å². The number of carbonyl (C=O) groups excluding carboxylic acids is 3. The summed E-state index contributed by atoms with van der Waals surface area (Å²) >= 11 is 6.62. The first-order valence-corrected chi connectivity index (χ1v) is 9.34. The van der Waals surface area contributed by atoms with Crippen LogP contribution in [0.25, 0.3) is 0 Å². The molecular formula is C16H17Br2N2O5-. The van der Waals surface area contributed by atoms with Gasteiger partial charge in [0.05, 0.1) is 4.47 Å². The van der Waals surface area contributed by atoms with Gasteiger partial charge in [-0.25, -0.2) is 0 Å². The number of ether oxygens (including phenoxy) is 1. The molecule has 1 aliphatic carbocycles. The molecule has 2 amide bonds. The van der Waals surface area contributed by atoms with E-state index in [-0.39, 0.29) is 6.61 Å². The summed E-state index contributed by atoms with van der Waals surface area (Å²) < 4.78 is 6.89. The van der Waals surface area contributed by atoms with Crippen molar-refractivity contribution in [1.29, 1.82) is 0 Å². The molecule has 1 aliphatic rings. The van der Waals surface area contributed by atoms with Gasteiger partial charge in [-0.05, 0) is 47.0 Å². The normalized spacial score (nSPS) is 19.8. The quantitative estimate of drug-likeness (QED) is 0.622. The molecule has 1 aromatic rings. The summed E-state index contributed by atoms with van der Waals surface area (Å²) in [5.74, 6) is -3.33. The molecule has 2 N–H and O–H groups in total. The lowest BCUT2D eigenvalue weighted by Gasteiger charge is -2.31. The Balaban J connectivity index is 1.80. The molecule has 7 nitrogen and oxygen atoms in total. The molecule has 136 valence electrons. The van der Waals surface area contributed by atoms with E-state index in [2.05, 4.69) is 42.7 Å². The zero-order chi connectivity index (χ0) is 18.4.